The molecule has 0 aliphatic heterocycles. The molecule has 1 heterocycles. The minimum Gasteiger partial charge on any atom is -0.504 e. The van der Waals surface area contributed by atoms with E-state index in [1.807, 2.05) is 0 Å². The predicted molar refractivity (Wildman–Crippen MR) is 45.4 cm³/mol. The molecule has 0 fully saturated rings. The zero-order chi connectivity index (χ0) is 10.8. The van der Waals surface area contributed by atoms with E-state index in [2.05, 4.69) is 0 Å². The van der Waals surface area contributed by atoms with Crippen molar-refractivity contribution in [3.63, 3.8) is 0 Å². The molecule has 0 spiro atoms. The Morgan fingerprint density at radius 2 is 2.07 bits per heavy atom. The van der Waals surface area contributed by atoms with Crippen molar-refractivity contribution in [1.29, 1.82) is 0 Å². The molecule has 1 aromatic heterocycles. The number of carbonyl (C=O) groups excluding carboxylic acids is 1. The molecule has 0 aliphatic rings. The van der Waals surface area contributed by atoms with Gasteiger partial charge >= 0.3 is 6.18 Å². The van der Waals surface area contributed by atoms with Crippen LogP contribution in [0.2, 0.25) is 0 Å². The van der Waals surface area contributed by atoms with Gasteiger partial charge in [0, 0.05) is 55.5 Å². The molecule has 0 atom stereocenters. The zero-order valence-electron chi connectivity index (χ0n) is 7.08. The van der Waals surface area contributed by atoms with E-state index in [0.29, 0.717) is 0 Å². The second-order valence-electron chi connectivity index (χ2n) is 2.37. The summed E-state index contributed by atoms with van der Waals surface area (Å²) in [5.41, 5.74) is 0. The summed E-state index contributed by atoms with van der Waals surface area (Å²) in [6, 6.07) is 2.92. The van der Waals surface area contributed by atoms with Gasteiger partial charge in [0.15, 0.2) is 5.78 Å². The first-order valence-electron chi connectivity index (χ1n) is 3.47. The third-order valence-corrected chi connectivity index (χ3v) is 2.21. The number of hydrogen-bond acceptors (Lipinski definition) is 3. The third kappa shape index (κ3) is 4.76. The number of hydrogen-bond donors (Lipinski definition) is 1. The van der Waals surface area contributed by atoms with Gasteiger partial charge in [-0.1, -0.05) is 6.07 Å². The summed E-state index contributed by atoms with van der Waals surface area (Å²) in [4.78, 5) is 11.2. The summed E-state index contributed by atoms with van der Waals surface area (Å²) in [7, 11) is 0. The summed E-state index contributed by atoms with van der Waals surface area (Å²) in [6.45, 7) is 0. The van der Waals surface area contributed by atoms with Crippen LogP contribution in [0.5, 0.6) is 0 Å². The molecule has 7 heteroatoms. The molecule has 0 aromatic carbocycles. The van der Waals surface area contributed by atoms with Crippen LogP contribution in [-0.2, 0) is 0 Å². The van der Waals surface area contributed by atoms with Gasteiger partial charge in [0.25, 0.3) is 0 Å². The molecule has 1 radical (unpaired) electrons. The van der Waals surface area contributed by atoms with Gasteiger partial charge in [0.05, 0.1) is 4.88 Å². The number of halogens is 3. The summed E-state index contributed by atoms with van der Waals surface area (Å²) in [5.74, 6) is -2.73. The van der Waals surface area contributed by atoms with Crippen molar-refractivity contribution in [3.8, 4) is 0 Å². The van der Waals surface area contributed by atoms with E-state index >= 15 is 0 Å². The van der Waals surface area contributed by atoms with Gasteiger partial charge in [0.1, 0.15) is 0 Å². The molecular weight excluding hydrogens is 369 g/mol. The van der Waals surface area contributed by atoms with Gasteiger partial charge in [0.2, 0.25) is 5.76 Å². The molecule has 2 nitrogen and oxygen atoms in total. The molecule has 0 unspecified atom stereocenters. The molecule has 1 aromatic rings. The van der Waals surface area contributed by atoms with Crippen molar-refractivity contribution >= 4 is 17.1 Å². The number of rotatable bonds is 2. The Bertz CT molecular complexity index is 356. The standard InChI is InChI=1S/C8H5F3O2S.Eu/c9-8(10,11)7(13)4-5(12)6-2-1-3-14-6;/h1-4,13H;. The van der Waals surface area contributed by atoms with Crippen LogP contribution in [0.3, 0.4) is 0 Å². The van der Waals surface area contributed by atoms with Crippen LogP contribution in [0.15, 0.2) is 29.3 Å². The number of ketones is 1. The van der Waals surface area contributed by atoms with E-state index in [4.69, 9.17) is 5.11 Å². The summed E-state index contributed by atoms with van der Waals surface area (Å²) >= 11 is 1.01. The van der Waals surface area contributed by atoms with Gasteiger partial charge in [-0.05, 0) is 11.4 Å². The van der Waals surface area contributed by atoms with E-state index in [1.165, 1.54) is 12.1 Å². The molecular formula is C8H5EuF3O2S. The average Bonchev–Trinajstić information content (AvgIpc) is 2.53. The SMILES string of the molecule is O=C(C=C(O)C(F)(F)F)c1cccs1.[Eu]. The van der Waals surface area contributed by atoms with E-state index < -0.39 is 17.7 Å². The minimum absolute atomic E-state index is 0. The van der Waals surface area contributed by atoms with Crippen LogP contribution in [0, 0.1) is 49.4 Å². The van der Waals surface area contributed by atoms with E-state index in [0.717, 1.165) is 11.3 Å². The Hall–Kier alpha value is 0.284. The molecule has 0 amide bonds. The predicted octanol–water partition coefficient (Wildman–Crippen LogP) is 2.94. The average molecular weight is 374 g/mol. The summed E-state index contributed by atoms with van der Waals surface area (Å²) in [5, 5.41) is 10.0. The Kier molecular flexibility index (Phi) is 6.24. The second kappa shape index (κ2) is 6.13. The number of aliphatic hydroxyl groups is 1. The van der Waals surface area contributed by atoms with Gasteiger partial charge < -0.3 is 5.11 Å². The van der Waals surface area contributed by atoms with Gasteiger partial charge in [-0.15, -0.1) is 11.3 Å². The first-order valence-corrected chi connectivity index (χ1v) is 4.35. The Morgan fingerprint density at radius 1 is 1.47 bits per heavy atom. The molecule has 83 valence electrons. The molecule has 0 aliphatic carbocycles. The van der Waals surface area contributed by atoms with Crippen molar-refractivity contribution in [2.24, 2.45) is 0 Å². The monoisotopic (exact) mass is 375 g/mol. The molecule has 0 saturated carbocycles. The van der Waals surface area contributed by atoms with Crippen LogP contribution in [0.25, 0.3) is 0 Å². The maximum atomic E-state index is 11.8. The van der Waals surface area contributed by atoms with Gasteiger partial charge in [-0.2, -0.15) is 13.2 Å². The Labute approximate surface area is 128 Å². The maximum absolute atomic E-state index is 11.8. The quantitative estimate of drug-likeness (QED) is 0.491. The van der Waals surface area contributed by atoms with Crippen LogP contribution < -0.4 is 0 Å². The summed E-state index contributed by atoms with van der Waals surface area (Å²) in [6.07, 6.45) is -4.70. The van der Waals surface area contributed by atoms with Crippen molar-refractivity contribution < 1.29 is 72.4 Å². The van der Waals surface area contributed by atoms with Crippen LogP contribution in [0.1, 0.15) is 9.67 Å². The van der Waals surface area contributed by atoms with Gasteiger partial charge in [-0.3, -0.25) is 4.79 Å². The van der Waals surface area contributed by atoms with Crippen molar-refractivity contribution in [2.75, 3.05) is 0 Å². The number of alkyl halides is 3. The Morgan fingerprint density at radius 3 is 2.47 bits per heavy atom. The normalized spacial score (nSPS) is 12.1. The zero-order valence-corrected chi connectivity index (χ0v) is 10.3. The number of carbonyl (C=O) groups is 1. The largest absolute Gasteiger partial charge is 0.504 e. The smallest absolute Gasteiger partial charge is 0.448 e. The van der Waals surface area contributed by atoms with Crippen LogP contribution in [-0.4, -0.2) is 17.1 Å². The van der Waals surface area contributed by atoms with Crippen molar-refractivity contribution in [3.05, 3.63) is 34.2 Å². The topological polar surface area (TPSA) is 37.3 Å². The van der Waals surface area contributed by atoms with Crippen LogP contribution >= 0.6 is 11.3 Å². The fourth-order valence-electron chi connectivity index (χ4n) is 0.696. The molecule has 1 N–H and O–H groups in total. The minimum atomic E-state index is -4.87. The molecule has 15 heavy (non-hydrogen) atoms. The second-order valence-corrected chi connectivity index (χ2v) is 3.32. The number of aliphatic hydroxyl groups excluding tert-OH is 1. The number of thiophene rings is 1. The Balaban J connectivity index is 0.00000196. The fraction of sp³-hybridized carbons (Fsp3) is 0.125. The molecule has 0 saturated heterocycles. The van der Waals surface area contributed by atoms with Crippen molar-refractivity contribution in [2.45, 2.75) is 6.18 Å². The first kappa shape index (κ1) is 15.3. The maximum Gasteiger partial charge on any atom is 0.448 e. The summed E-state index contributed by atoms with van der Waals surface area (Å²) < 4.78 is 35.4. The third-order valence-electron chi connectivity index (χ3n) is 1.32. The fourth-order valence-corrected chi connectivity index (χ4v) is 1.33. The van der Waals surface area contributed by atoms with Gasteiger partial charge in [-0.25, -0.2) is 0 Å². The van der Waals surface area contributed by atoms with Crippen molar-refractivity contribution in [1.82, 2.24) is 0 Å². The van der Waals surface area contributed by atoms with E-state index in [1.54, 1.807) is 5.38 Å². The molecule has 0 bridgehead atoms. The first-order chi connectivity index (χ1) is 6.41. The van der Waals surface area contributed by atoms with E-state index in [9.17, 15) is 18.0 Å². The van der Waals surface area contributed by atoms with Crippen LogP contribution in [0.4, 0.5) is 13.2 Å². The number of allylic oxidation sites excluding steroid dienone is 2. The molecule has 1 rings (SSSR count). The van der Waals surface area contributed by atoms with E-state index in [-0.39, 0.29) is 60.3 Å².